The monoisotopic (exact) mass is 305 g/mol. The van der Waals surface area contributed by atoms with Crippen LogP contribution in [0.5, 0.6) is 0 Å². The lowest BCUT2D eigenvalue weighted by Gasteiger charge is -2.08. The second kappa shape index (κ2) is 12.4. The minimum atomic E-state index is 0.219. The van der Waals surface area contributed by atoms with Crippen molar-refractivity contribution in [3.63, 3.8) is 0 Å². The smallest absolute Gasteiger partial charge is 0.219 e. The first-order valence-corrected chi connectivity index (χ1v) is 8.03. The third-order valence-electron chi connectivity index (χ3n) is 2.98. The number of rotatable bonds is 11. The lowest BCUT2D eigenvalue weighted by molar-refractivity contribution is -0.121. The van der Waals surface area contributed by atoms with E-state index in [9.17, 15) is 4.79 Å². The second-order valence-electron chi connectivity index (χ2n) is 4.66. The van der Waals surface area contributed by atoms with Crippen molar-refractivity contribution in [2.45, 2.75) is 76.5 Å². The maximum absolute atomic E-state index is 11.5. The van der Waals surface area contributed by atoms with Crippen molar-refractivity contribution in [2.75, 3.05) is 6.54 Å². The summed E-state index contributed by atoms with van der Waals surface area (Å²) in [4.78, 5) is 12.0. The largest absolute Gasteiger partial charge is 0.356 e. The van der Waals surface area contributed by atoms with Gasteiger partial charge in [0.25, 0.3) is 0 Å². The Balaban J connectivity index is 3.23. The molecular formula is C14H28BrNO. The number of carbonyl (C=O) groups is 1. The highest BCUT2D eigenvalue weighted by atomic mass is 79.9. The fraction of sp³-hybridized carbons (Fsp3) is 0.929. The first-order valence-electron chi connectivity index (χ1n) is 7.11. The molecule has 0 rings (SSSR count). The predicted molar refractivity (Wildman–Crippen MR) is 78.6 cm³/mol. The van der Waals surface area contributed by atoms with Crippen molar-refractivity contribution in [1.82, 2.24) is 5.32 Å². The van der Waals surface area contributed by atoms with Crippen LogP contribution in [-0.4, -0.2) is 17.3 Å². The lowest BCUT2D eigenvalue weighted by Crippen LogP contribution is -2.25. The number of nitrogens with one attached hydrogen (secondary N) is 1. The number of unbranched alkanes of at least 4 members (excludes halogenated alkanes) is 5. The van der Waals surface area contributed by atoms with Crippen LogP contribution in [0, 0.1) is 0 Å². The highest BCUT2D eigenvalue weighted by molar-refractivity contribution is 9.09. The fourth-order valence-electron chi connectivity index (χ4n) is 1.73. The molecule has 0 heterocycles. The average molecular weight is 306 g/mol. The Morgan fingerprint density at radius 1 is 1.12 bits per heavy atom. The standard InChI is InChI=1S/C14H28BrNO/c1-3-5-6-7-8-9-10-14(17)16-12-11-13(15)4-2/h13H,3-12H2,1-2H3,(H,16,17). The zero-order valence-corrected chi connectivity index (χ0v) is 13.0. The molecule has 0 aromatic heterocycles. The van der Waals surface area contributed by atoms with Crippen molar-refractivity contribution >= 4 is 21.8 Å². The van der Waals surface area contributed by atoms with E-state index in [0.29, 0.717) is 11.2 Å². The third-order valence-corrected chi connectivity index (χ3v) is 4.09. The van der Waals surface area contributed by atoms with E-state index in [4.69, 9.17) is 0 Å². The lowest BCUT2D eigenvalue weighted by atomic mass is 10.1. The van der Waals surface area contributed by atoms with E-state index in [1.54, 1.807) is 0 Å². The SMILES string of the molecule is CCCCCCCCC(=O)NCCC(Br)CC. The Bertz CT molecular complexity index is 185. The van der Waals surface area contributed by atoms with Gasteiger partial charge in [0, 0.05) is 17.8 Å². The maximum atomic E-state index is 11.5. The van der Waals surface area contributed by atoms with Gasteiger partial charge in [-0.05, 0) is 19.3 Å². The first-order chi connectivity index (χ1) is 8.20. The van der Waals surface area contributed by atoms with E-state index in [1.807, 2.05) is 0 Å². The van der Waals surface area contributed by atoms with Crippen molar-refractivity contribution < 1.29 is 4.79 Å². The summed E-state index contributed by atoms with van der Waals surface area (Å²) in [6, 6.07) is 0. The van der Waals surface area contributed by atoms with Crippen molar-refractivity contribution in [3.05, 3.63) is 0 Å². The molecule has 0 aromatic rings. The molecule has 0 spiro atoms. The zero-order valence-electron chi connectivity index (χ0n) is 11.4. The van der Waals surface area contributed by atoms with E-state index in [1.165, 1.54) is 32.1 Å². The highest BCUT2D eigenvalue weighted by Gasteiger charge is 2.03. The molecule has 1 amide bonds. The van der Waals surface area contributed by atoms with Crippen LogP contribution in [0.3, 0.4) is 0 Å². The summed E-state index contributed by atoms with van der Waals surface area (Å²) < 4.78 is 0. The van der Waals surface area contributed by atoms with Gasteiger partial charge in [0.05, 0.1) is 0 Å². The summed E-state index contributed by atoms with van der Waals surface area (Å²) in [6.07, 6.45) is 10.3. The highest BCUT2D eigenvalue weighted by Crippen LogP contribution is 2.08. The molecule has 2 nitrogen and oxygen atoms in total. The van der Waals surface area contributed by atoms with Gasteiger partial charge in [-0.1, -0.05) is 61.9 Å². The van der Waals surface area contributed by atoms with Crippen molar-refractivity contribution in [1.29, 1.82) is 0 Å². The molecule has 3 heteroatoms. The van der Waals surface area contributed by atoms with Gasteiger partial charge < -0.3 is 5.32 Å². The molecule has 0 fully saturated rings. The van der Waals surface area contributed by atoms with Crippen molar-refractivity contribution in [3.8, 4) is 0 Å². The van der Waals surface area contributed by atoms with E-state index >= 15 is 0 Å². The summed E-state index contributed by atoms with van der Waals surface area (Å²) in [7, 11) is 0. The van der Waals surface area contributed by atoms with Crippen LogP contribution < -0.4 is 5.32 Å². The van der Waals surface area contributed by atoms with Gasteiger partial charge in [-0.2, -0.15) is 0 Å². The Hall–Kier alpha value is -0.0500. The quantitative estimate of drug-likeness (QED) is 0.444. The van der Waals surface area contributed by atoms with Crippen LogP contribution in [0.25, 0.3) is 0 Å². The van der Waals surface area contributed by atoms with E-state index in [2.05, 4.69) is 35.1 Å². The van der Waals surface area contributed by atoms with Crippen LogP contribution in [-0.2, 0) is 4.79 Å². The van der Waals surface area contributed by atoms with E-state index in [-0.39, 0.29) is 5.91 Å². The van der Waals surface area contributed by atoms with Gasteiger partial charge in [-0.3, -0.25) is 4.79 Å². The average Bonchev–Trinajstić information content (AvgIpc) is 2.33. The summed E-state index contributed by atoms with van der Waals surface area (Å²) >= 11 is 3.56. The van der Waals surface area contributed by atoms with Crippen LogP contribution in [0.4, 0.5) is 0 Å². The van der Waals surface area contributed by atoms with E-state index < -0.39 is 0 Å². The third kappa shape index (κ3) is 12.2. The second-order valence-corrected chi connectivity index (χ2v) is 5.96. The summed E-state index contributed by atoms with van der Waals surface area (Å²) in [5.41, 5.74) is 0. The molecule has 17 heavy (non-hydrogen) atoms. The number of amides is 1. The molecule has 0 saturated carbocycles. The van der Waals surface area contributed by atoms with Gasteiger partial charge in [0.1, 0.15) is 0 Å². The van der Waals surface area contributed by atoms with Crippen LogP contribution >= 0.6 is 15.9 Å². The molecule has 0 aromatic carbocycles. The summed E-state index contributed by atoms with van der Waals surface area (Å²) in [5, 5.41) is 2.98. The molecule has 1 N–H and O–H groups in total. The number of carbonyl (C=O) groups excluding carboxylic acids is 1. The molecule has 102 valence electrons. The first kappa shape index (κ1) is 16.9. The van der Waals surface area contributed by atoms with Crippen LogP contribution in [0.2, 0.25) is 0 Å². The van der Waals surface area contributed by atoms with Crippen molar-refractivity contribution in [2.24, 2.45) is 0 Å². The predicted octanol–water partition coefficient (Wildman–Crippen LogP) is 4.42. The number of hydrogen-bond acceptors (Lipinski definition) is 1. The number of alkyl halides is 1. The molecular weight excluding hydrogens is 278 g/mol. The molecule has 1 unspecified atom stereocenters. The molecule has 0 bridgehead atoms. The minimum Gasteiger partial charge on any atom is -0.356 e. The maximum Gasteiger partial charge on any atom is 0.219 e. The van der Waals surface area contributed by atoms with Gasteiger partial charge >= 0.3 is 0 Å². The molecule has 0 radical (unpaired) electrons. The normalized spacial score (nSPS) is 12.4. The summed E-state index contributed by atoms with van der Waals surface area (Å²) in [5.74, 6) is 0.219. The topological polar surface area (TPSA) is 29.1 Å². The van der Waals surface area contributed by atoms with Crippen LogP contribution in [0.1, 0.15) is 71.6 Å². The number of halogens is 1. The minimum absolute atomic E-state index is 0.219. The fourth-order valence-corrected chi connectivity index (χ4v) is 1.96. The Labute approximate surface area is 115 Å². The van der Waals surface area contributed by atoms with Gasteiger partial charge in [0.15, 0.2) is 0 Å². The summed E-state index contributed by atoms with van der Waals surface area (Å²) in [6.45, 7) is 5.18. The molecule has 1 atom stereocenters. The molecule has 0 aliphatic heterocycles. The molecule has 0 aliphatic carbocycles. The van der Waals surface area contributed by atoms with Crippen LogP contribution in [0.15, 0.2) is 0 Å². The van der Waals surface area contributed by atoms with Gasteiger partial charge in [-0.15, -0.1) is 0 Å². The molecule has 0 aliphatic rings. The number of hydrogen-bond donors (Lipinski definition) is 1. The zero-order chi connectivity index (χ0) is 12.9. The Morgan fingerprint density at radius 2 is 1.76 bits per heavy atom. The van der Waals surface area contributed by atoms with Gasteiger partial charge in [0.2, 0.25) is 5.91 Å². The van der Waals surface area contributed by atoms with E-state index in [0.717, 1.165) is 25.8 Å². The van der Waals surface area contributed by atoms with Gasteiger partial charge in [-0.25, -0.2) is 0 Å². The Kier molecular flexibility index (Phi) is 12.4. The Morgan fingerprint density at radius 3 is 2.41 bits per heavy atom. The molecule has 0 saturated heterocycles.